The number of para-hydroxylation sites is 1. The van der Waals surface area contributed by atoms with E-state index in [0.717, 1.165) is 16.3 Å². The molecule has 4 aromatic rings. The predicted molar refractivity (Wildman–Crippen MR) is 117 cm³/mol. The van der Waals surface area contributed by atoms with Crippen molar-refractivity contribution in [2.75, 3.05) is 4.90 Å². The van der Waals surface area contributed by atoms with E-state index in [4.69, 9.17) is 4.99 Å². The summed E-state index contributed by atoms with van der Waals surface area (Å²) in [6.45, 7) is 6.49. The van der Waals surface area contributed by atoms with E-state index in [9.17, 15) is 4.79 Å². The molecule has 0 radical (unpaired) electrons. The van der Waals surface area contributed by atoms with Crippen LogP contribution < -0.4 is 21.0 Å². The van der Waals surface area contributed by atoms with Gasteiger partial charge in [-0.15, -0.1) is 0 Å². The lowest BCUT2D eigenvalue weighted by Gasteiger charge is -2.31. The smallest absolute Gasteiger partial charge is 0.279 e. The molecule has 2 aromatic heterocycles. The Morgan fingerprint density at radius 1 is 1.03 bits per heavy atom. The molecular weight excluding hydrogens is 376 g/mol. The Bertz CT molecular complexity index is 1450. The lowest BCUT2D eigenvalue weighted by molar-refractivity contribution is 0.555. The number of rotatable bonds is 3. The van der Waals surface area contributed by atoms with Crippen LogP contribution in [0, 0.1) is 20.8 Å². The molecule has 1 unspecified atom stereocenters. The second-order valence-corrected chi connectivity index (χ2v) is 7.66. The van der Waals surface area contributed by atoms with Gasteiger partial charge in [0.1, 0.15) is 12.0 Å². The molecule has 1 N–H and O–H groups in total. The zero-order valence-electron chi connectivity index (χ0n) is 17.1. The fourth-order valence-electron chi connectivity index (χ4n) is 3.98. The molecule has 30 heavy (non-hydrogen) atoms. The van der Waals surface area contributed by atoms with Crippen molar-refractivity contribution in [1.82, 2.24) is 19.5 Å². The Morgan fingerprint density at radius 2 is 1.83 bits per heavy atom. The van der Waals surface area contributed by atoms with Crippen LogP contribution in [0.2, 0.25) is 0 Å². The summed E-state index contributed by atoms with van der Waals surface area (Å²) in [5.41, 5.74) is 4.16. The average Bonchev–Trinajstić information content (AvgIpc) is 3.11. The average molecular weight is 398 g/mol. The maximum Gasteiger partial charge on any atom is 0.279 e. The first-order valence-electron chi connectivity index (χ1n) is 9.92. The number of aromatic nitrogens is 4. The van der Waals surface area contributed by atoms with Gasteiger partial charge in [0.05, 0.1) is 18.2 Å². The lowest BCUT2D eigenvalue weighted by Crippen LogP contribution is -2.45. The predicted octanol–water partition coefficient (Wildman–Crippen LogP) is 1.95. The molecular formula is C23H22N6O. The quantitative estimate of drug-likeness (QED) is 0.572. The fraction of sp³-hybridized carbons (Fsp3) is 0.217. The lowest BCUT2D eigenvalue weighted by atomic mass is 10.1. The fourth-order valence-corrected chi connectivity index (χ4v) is 3.98. The maximum atomic E-state index is 12.2. The summed E-state index contributed by atoms with van der Waals surface area (Å²) >= 11 is 0. The molecule has 3 heterocycles. The Morgan fingerprint density at radius 3 is 2.67 bits per heavy atom. The molecule has 7 nitrogen and oxygen atoms in total. The standard InChI is InChI=1S/C23H22N6O/c1-14-8-6-9-18-17(14)11-29(19-10-5-4-7-15(19)2)20(27-18)12-28-13-24-21-22(28)25-16(3)26-23(21)30/h4-11,13,20H,12H2,1-3H3,(H,25,26,30). The van der Waals surface area contributed by atoms with E-state index in [0.29, 0.717) is 23.5 Å². The summed E-state index contributed by atoms with van der Waals surface area (Å²) in [7, 11) is 0. The topological polar surface area (TPSA) is 79.2 Å². The summed E-state index contributed by atoms with van der Waals surface area (Å²) in [6.07, 6.45) is 3.65. The molecule has 5 rings (SSSR count). The van der Waals surface area contributed by atoms with Gasteiger partial charge in [-0.25, -0.2) is 9.97 Å². The molecule has 7 heteroatoms. The van der Waals surface area contributed by atoms with Crippen molar-refractivity contribution in [2.24, 2.45) is 4.99 Å². The number of hydrogen-bond acceptors (Lipinski definition) is 5. The maximum absolute atomic E-state index is 12.2. The normalized spacial score (nSPS) is 15.6. The van der Waals surface area contributed by atoms with E-state index in [2.05, 4.69) is 58.1 Å². The minimum atomic E-state index is -0.222. The number of H-pyrrole nitrogens is 1. The van der Waals surface area contributed by atoms with Crippen molar-refractivity contribution in [1.29, 1.82) is 0 Å². The largest absolute Gasteiger partial charge is 0.323 e. The van der Waals surface area contributed by atoms with Gasteiger partial charge in [0.15, 0.2) is 11.2 Å². The highest BCUT2D eigenvalue weighted by Crippen LogP contribution is 2.25. The van der Waals surface area contributed by atoms with E-state index in [1.165, 1.54) is 11.1 Å². The van der Waals surface area contributed by atoms with Crippen LogP contribution in [0.5, 0.6) is 0 Å². The zero-order chi connectivity index (χ0) is 20.8. The number of nitrogens with zero attached hydrogens (tertiary/aromatic N) is 5. The highest BCUT2D eigenvalue weighted by atomic mass is 16.1. The van der Waals surface area contributed by atoms with Gasteiger partial charge in [0, 0.05) is 17.1 Å². The third-order valence-electron chi connectivity index (χ3n) is 5.53. The van der Waals surface area contributed by atoms with Gasteiger partial charge in [-0.2, -0.15) is 0 Å². The van der Waals surface area contributed by atoms with Gasteiger partial charge < -0.3 is 14.5 Å². The van der Waals surface area contributed by atoms with Gasteiger partial charge in [0.2, 0.25) is 0 Å². The van der Waals surface area contributed by atoms with Crippen LogP contribution >= 0.6 is 0 Å². The van der Waals surface area contributed by atoms with Crippen LogP contribution in [0.1, 0.15) is 17.0 Å². The summed E-state index contributed by atoms with van der Waals surface area (Å²) in [5, 5.41) is 2.09. The van der Waals surface area contributed by atoms with Crippen LogP contribution in [0.25, 0.3) is 17.4 Å². The Hall–Kier alpha value is -3.74. The molecule has 1 aliphatic heterocycles. The van der Waals surface area contributed by atoms with Crippen molar-refractivity contribution in [2.45, 2.75) is 33.5 Å². The molecule has 0 aliphatic carbocycles. The van der Waals surface area contributed by atoms with E-state index < -0.39 is 0 Å². The molecule has 0 saturated heterocycles. The van der Waals surface area contributed by atoms with Crippen LogP contribution in [-0.4, -0.2) is 25.7 Å². The molecule has 0 amide bonds. The van der Waals surface area contributed by atoms with E-state index in [-0.39, 0.29) is 11.7 Å². The minimum Gasteiger partial charge on any atom is -0.323 e. The first-order valence-corrected chi connectivity index (χ1v) is 9.92. The van der Waals surface area contributed by atoms with Crippen molar-refractivity contribution in [3.05, 3.63) is 86.7 Å². The first-order chi connectivity index (χ1) is 14.5. The molecule has 1 atom stereocenters. The van der Waals surface area contributed by atoms with Gasteiger partial charge in [-0.05, 0) is 44.0 Å². The van der Waals surface area contributed by atoms with Crippen LogP contribution in [0.3, 0.4) is 0 Å². The first kappa shape index (κ1) is 18.3. The molecule has 0 saturated carbocycles. The summed E-state index contributed by atoms with van der Waals surface area (Å²) < 4.78 is 1.91. The summed E-state index contributed by atoms with van der Waals surface area (Å²) in [5.74, 6) is 0.568. The minimum absolute atomic E-state index is 0.195. The van der Waals surface area contributed by atoms with E-state index in [1.54, 1.807) is 13.3 Å². The summed E-state index contributed by atoms with van der Waals surface area (Å²) in [4.78, 5) is 31.0. The molecule has 0 fully saturated rings. The number of aromatic amines is 1. The third-order valence-corrected chi connectivity index (χ3v) is 5.53. The second-order valence-electron chi connectivity index (χ2n) is 7.66. The number of hydrogen-bond donors (Lipinski definition) is 1. The highest BCUT2D eigenvalue weighted by Gasteiger charge is 2.23. The molecule has 0 spiro atoms. The number of anilines is 1. The highest BCUT2D eigenvalue weighted by molar-refractivity contribution is 5.69. The SMILES string of the molecule is Cc1nc2c(ncn2CC2N=c3cccc(C)c3=CN2c2ccccc2C)c(=O)[nH]1. The number of fused-ring (bicyclic) bond motifs is 2. The number of benzene rings is 2. The third kappa shape index (κ3) is 2.99. The monoisotopic (exact) mass is 398 g/mol. The van der Waals surface area contributed by atoms with Gasteiger partial charge in [0.25, 0.3) is 5.56 Å². The van der Waals surface area contributed by atoms with Crippen LogP contribution in [0.4, 0.5) is 5.69 Å². The number of aryl methyl sites for hydroxylation is 3. The van der Waals surface area contributed by atoms with Crippen LogP contribution in [0.15, 0.2) is 58.6 Å². The molecule has 1 aliphatic rings. The molecule has 150 valence electrons. The molecule has 0 bridgehead atoms. The summed E-state index contributed by atoms with van der Waals surface area (Å²) in [6, 6.07) is 14.5. The van der Waals surface area contributed by atoms with Crippen molar-refractivity contribution < 1.29 is 0 Å². The van der Waals surface area contributed by atoms with Gasteiger partial charge in [-0.3, -0.25) is 9.79 Å². The van der Waals surface area contributed by atoms with Crippen LogP contribution in [-0.2, 0) is 6.54 Å². The number of nitrogens with one attached hydrogen (secondary N) is 1. The second kappa shape index (κ2) is 6.95. The van der Waals surface area contributed by atoms with E-state index >= 15 is 0 Å². The van der Waals surface area contributed by atoms with Gasteiger partial charge in [-0.1, -0.05) is 30.3 Å². The molecule has 2 aromatic carbocycles. The Labute approximate surface area is 173 Å². The number of imidazole rings is 1. The van der Waals surface area contributed by atoms with Crippen molar-refractivity contribution in [3.63, 3.8) is 0 Å². The zero-order valence-corrected chi connectivity index (χ0v) is 17.1. The van der Waals surface area contributed by atoms with E-state index in [1.807, 2.05) is 28.8 Å². The van der Waals surface area contributed by atoms with Gasteiger partial charge >= 0.3 is 0 Å². The Balaban J connectivity index is 1.67. The Kier molecular flexibility index (Phi) is 4.24. The van der Waals surface area contributed by atoms with Crippen molar-refractivity contribution in [3.8, 4) is 0 Å². The van der Waals surface area contributed by atoms with Crippen molar-refractivity contribution >= 4 is 23.1 Å².